The van der Waals surface area contributed by atoms with Crippen molar-refractivity contribution in [3.05, 3.63) is 58.1 Å². The Bertz CT molecular complexity index is 1170. The Morgan fingerprint density at radius 3 is 2.65 bits per heavy atom. The Labute approximate surface area is 199 Å². The molecule has 0 bridgehead atoms. The maximum atomic E-state index is 13.4. The predicted octanol–water partition coefficient (Wildman–Crippen LogP) is 2.48. The van der Waals surface area contributed by atoms with Crippen molar-refractivity contribution in [2.45, 2.75) is 77.2 Å². The average molecular weight is 461 g/mol. The molecule has 0 spiro atoms. The van der Waals surface area contributed by atoms with Gasteiger partial charge >= 0.3 is 0 Å². The summed E-state index contributed by atoms with van der Waals surface area (Å²) in [7, 11) is 0. The van der Waals surface area contributed by atoms with Crippen molar-refractivity contribution in [3.63, 3.8) is 0 Å². The summed E-state index contributed by atoms with van der Waals surface area (Å²) in [6.45, 7) is 7.08. The van der Waals surface area contributed by atoms with Gasteiger partial charge < -0.3 is 16.0 Å². The molecule has 8 nitrogen and oxygen atoms in total. The molecule has 34 heavy (non-hydrogen) atoms. The number of rotatable bonds is 6. The number of hydrogen-bond donors (Lipinski definition) is 3. The smallest absolute Gasteiger partial charge is 0.255 e. The molecule has 0 saturated heterocycles. The number of nitrogens with one attached hydrogen (secondary N) is 2. The molecule has 2 atom stereocenters. The summed E-state index contributed by atoms with van der Waals surface area (Å²) in [6, 6.07) is 4.71. The van der Waals surface area contributed by atoms with Gasteiger partial charge in [0.15, 0.2) is 5.82 Å². The van der Waals surface area contributed by atoms with E-state index in [-0.39, 0.29) is 29.8 Å². The summed E-state index contributed by atoms with van der Waals surface area (Å²) >= 11 is 0. The highest BCUT2D eigenvalue weighted by Gasteiger charge is 2.40. The van der Waals surface area contributed by atoms with Crippen LogP contribution in [0, 0.1) is 5.92 Å². The second-order valence-electron chi connectivity index (χ2n) is 10.5. The molecule has 0 radical (unpaired) electrons. The number of hydrogen-bond acceptors (Lipinski definition) is 6. The molecule has 4 N–H and O–H groups in total. The highest BCUT2D eigenvalue weighted by molar-refractivity contribution is 6.12. The topological polar surface area (TPSA) is 103 Å². The maximum Gasteiger partial charge on any atom is 0.255 e. The van der Waals surface area contributed by atoms with E-state index in [9.17, 15) is 9.59 Å². The monoisotopic (exact) mass is 460 g/mol. The van der Waals surface area contributed by atoms with Crippen molar-refractivity contribution in [1.29, 1.82) is 0 Å². The van der Waals surface area contributed by atoms with Crippen molar-refractivity contribution in [3.8, 4) is 0 Å². The minimum Gasteiger partial charge on any atom is -0.349 e. The standard InChI is InChI=1S/C26H32N6O2/c1-13(2)19-11-16(10-17-12-31(26(34)21(17)19)14(3)15-4-5-15)20-8-9-32-24(29-20)22(23(27)30-32)25(33)28-18-6-7-18/h8-11,13-15,18,23,30H,4-7,12,27H2,1-3H3,(H,28,33). The Hall–Kier alpha value is -2.97. The molecule has 8 heteroatoms. The molecular formula is C26H32N6O2. The Balaban J connectivity index is 1.38. The summed E-state index contributed by atoms with van der Waals surface area (Å²) < 4.78 is 0. The van der Waals surface area contributed by atoms with E-state index in [4.69, 9.17) is 10.7 Å². The van der Waals surface area contributed by atoms with Gasteiger partial charge in [-0.15, -0.1) is 0 Å². The number of nitrogens with two attached hydrogens (primary N) is 1. The van der Waals surface area contributed by atoms with Crippen molar-refractivity contribution < 1.29 is 9.59 Å². The fourth-order valence-electron chi connectivity index (χ4n) is 5.24. The lowest BCUT2D eigenvalue weighted by Gasteiger charge is -2.24. The van der Waals surface area contributed by atoms with Crippen LogP contribution in [0.15, 0.2) is 40.8 Å². The minimum absolute atomic E-state index is 0.157. The molecule has 2 saturated carbocycles. The maximum absolute atomic E-state index is 13.4. The first kappa shape index (κ1) is 21.6. The third-order valence-electron chi connectivity index (χ3n) is 7.60. The highest BCUT2D eigenvalue weighted by Crippen LogP contribution is 2.40. The Morgan fingerprint density at radius 1 is 1.21 bits per heavy atom. The summed E-state index contributed by atoms with van der Waals surface area (Å²) in [4.78, 5) is 33.1. The first-order valence-electron chi connectivity index (χ1n) is 12.4. The molecule has 178 valence electrons. The Kier molecular flexibility index (Phi) is 4.93. The van der Waals surface area contributed by atoms with Crippen LogP contribution < -0.4 is 16.5 Å². The van der Waals surface area contributed by atoms with Crippen LogP contribution in [0.1, 0.15) is 79.4 Å². The van der Waals surface area contributed by atoms with Gasteiger partial charge in [-0.05, 0) is 73.8 Å². The van der Waals surface area contributed by atoms with E-state index in [1.54, 1.807) is 5.01 Å². The molecule has 1 aromatic rings. The number of aliphatic imine (C=N–C) groups is 1. The fraction of sp³-hybridized carbons (Fsp3) is 0.500. The number of fused-ring (bicyclic) bond motifs is 2. The van der Waals surface area contributed by atoms with Crippen molar-refractivity contribution >= 4 is 17.5 Å². The normalized spacial score (nSPS) is 24.6. The average Bonchev–Trinajstić information content (AvgIpc) is 3.73. The van der Waals surface area contributed by atoms with E-state index >= 15 is 0 Å². The molecule has 3 aliphatic heterocycles. The van der Waals surface area contributed by atoms with E-state index in [1.807, 2.05) is 17.2 Å². The lowest BCUT2D eigenvalue weighted by molar-refractivity contribution is -0.117. The number of nitrogens with zero attached hydrogens (tertiary/aromatic N) is 3. The predicted molar refractivity (Wildman–Crippen MR) is 129 cm³/mol. The zero-order valence-electron chi connectivity index (χ0n) is 20.0. The van der Waals surface area contributed by atoms with E-state index in [0.29, 0.717) is 23.9 Å². The van der Waals surface area contributed by atoms with Crippen LogP contribution in [-0.4, -0.2) is 45.7 Å². The summed E-state index contributed by atoms with van der Waals surface area (Å²) in [5.41, 5.74) is 14.5. The molecule has 0 aromatic heterocycles. The molecule has 2 unspecified atom stereocenters. The van der Waals surface area contributed by atoms with Gasteiger partial charge in [0.25, 0.3) is 11.8 Å². The first-order valence-corrected chi connectivity index (χ1v) is 12.4. The van der Waals surface area contributed by atoms with Crippen molar-refractivity contribution in [1.82, 2.24) is 20.7 Å². The van der Waals surface area contributed by atoms with Crippen LogP contribution in [0.25, 0.3) is 0 Å². The van der Waals surface area contributed by atoms with Crippen LogP contribution in [0.4, 0.5) is 0 Å². The lowest BCUT2D eigenvalue weighted by atomic mass is 9.90. The van der Waals surface area contributed by atoms with E-state index in [0.717, 1.165) is 40.8 Å². The molecule has 2 aliphatic carbocycles. The SMILES string of the molecule is CC(C)c1cc(C2=NC3=C(C(=O)NC4CC4)C(N)NN3C=C2)cc2c1C(=O)N(C(C)C1CC1)C2. The lowest BCUT2D eigenvalue weighted by Crippen LogP contribution is -2.43. The summed E-state index contributed by atoms with van der Waals surface area (Å²) in [5, 5.41) is 4.74. The van der Waals surface area contributed by atoms with Crippen molar-refractivity contribution in [2.24, 2.45) is 16.6 Å². The third kappa shape index (κ3) is 3.56. The molecule has 5 aliphatic rings. The van der Waals surface area contributed by atoms with E-state index < -0.39 is 6.17 Å². The zero-order valence-corrected chi connectivity index (χ0v) is 20.0. The van der Waals surface area contributed by atoms with Gasteiger partial charge in [-0.25, -0.2) is 10.4 Å². The summed E-state index contributed by atoms with van der Waals surface area (Å²) in [5.74, 6) is 1.37. The van der Waals surface area contributed by atoms with Gasteiger partial charge in [0.1, 0.15) is 6.17 Å². The van der Waals surface area contributed by atoms with E-state index in [1.165, 1.54) is 12.8 Å². The number of carbonyl (C=O) groups excluding carboxylic acids is 2. The van der Waals surface area contributed by atoms with Crippen LogP contribution in [0.5, 0.6) is 0 Å². The second kappa shape index (κ2) is 7.78. The molecule has 2 fully saturated rings. The van der Waals surface area contributed by atoms with Crippen LogP contribution in [-0.2, 0) is 11.3 Å². The van der Waals surface area contributed by atoms with Gasteiger partial charge in [-0.2, -0.15) is 0 Å². The Morgan fingerprint density at radius 2 is 1.97 bits per heavy atom. The van der Waals surface area contributed by atoms with Gasteiger partial charge in [0, 0.05) is 36.0 Å². The molecule has 1 aromatic carbocycles. The first-order chi connectivity index (χ1) is 16.3. The van der Waals surface area contributed by atoms with Gasteiger partial charge in [-0.1, -0.05) is 13.8 Å². The number of benzene rings is 1. The van der Waals surface area contributed by atoms with Crippen molar-refractivity contribution in [2.75, 3.05) is 0 Å². The summed E-state index contributed by atoms with van der Waals surface area (Å²) in [6.07, 6.45) is 7.63. The third-order valence-corrected chi connectivity index (χ3v) is 7.60. The number of amides is 2. The minimum atomic E-state index is -0.608. The van der Waals surface area contributed by atoms with Crippen LogP contribution in [0.2, 0.25) is 0 Å². The fourth-order valence-corrected chi connectivity index (χ4v) is 5.24. The second-order valence-corrected chi connectivity index (χ2v) is 10.5. The molecule has 6 rings (SSSR count). The van der Waals surface area contributed by atoms with Crippen LogP contribution in [0.3, 0.4) is 0 Å². The van der Waals surface area contributed by atoms with E-state index in [2.05, 4.69) is 43.6 Å². The van der Waals surface area contributed by atoms with Crippen LogP contribution >= 0.6 is 0 Å². The molecule has 2 amide bonds. The number of hydrazine groups is 1. The van der Waals surface area contributed by atoms with Gasteiger partial charge in [0.2, 0.25) is 0 Å². The number of allylic oxidation sites excluding steroid dienone is 1. The zero-order chi connectivity index (χ0) is 23.7. The van der Waals surface area contributed by atoms with Gasteiger partial charge in [-0.3, -0.25) is 14.6 Å². The molecule has 3 heterocycles. The quantitative estimate of drug-likeness (QED) is 0.605. The largest absolute Gasteiger partial charge is 0.349 e. The molecular weight excluding hydrogens is 428 g/mol. The van der Waals surface area contributed by atoms with Gasteiger partial charge in [0.05, 0.1) is 11.3 Å². The highest BCUT2D eigenvalue weighted by atomic mass is 16.2. The number of carbonyl (C=O) groups is 2.